The molecule has 0 unspecified atom stereocenters. The Labute approximate surface area is 114 Å². The molecule has 0 saturated heterocycles. The summed E-state index contributed by atoms with van der Waals surface area (Å²) in [5.41, 5.74) is 0. The Bertz CT molecular complexity index is 83.0. The molecular formula is C8H24Cl2O6Te. The van der Waals surface area contributed by atoms with Gasteiger partial charge in [-0.05, 0) is 0 Å². The van der Waals surface area contributed by atoms with Crippen LogP contribution in [0.4, 0.5) is 0 Å². The van der Waals surface area contributed by atoms with Crippen LogP contribution in [0.5, 0.6) is 0 Å². The van der Waals surface area contributed by atoms with Crippen LogP contribution in [0.15, 0.2) is 0 Å². The Balaban J connectivity index is -0.0000000667. The maximum Gasteiger partial charge on any atom is 0.0662 e. The van der Waals surface area contributed by atoms with Crippen LogP contribution in [0.3, 0.4) is 0 Å². The average Bonchev–Trinajstić information content (AvgIpc) is 2.27. The van der Waals surface area contributed by atoms with Gasteiger partial charge in [0.15, 0.2) is 0 Å². The number of hydrogen-bond donors (Lipinski definition) is 6. The molecule has 0 aromatic rings. The maximum atomic E-state index is 7.62. The molecule has 0 aromatic carbocycles. The van der Waals surface area contributed by atoms with Crippen molar-refractivity contribution in [1.82, 2.24) is 0 Å². The van der Waals surface area contributed by atoms with Gasteiger partial charge in [-0.15, -0.1) is 0 Å². The van der Waals surface area contributed by atoms with Crippen molar-refractivity contribution in [3.63, 3.8) is 0 Å². The van der Waals surface area contributed by atoms with Crippen LogP contribution in [0.1, 0.15) is 0 Å². The normalized spacial score (nSPS) is 9.76. The Morgan fingerprint density at radius 3 is 0.647 bits per heavy atom. The van der Waals surface area contributed by atoms with Gasteiger partial charge < -0.3 is 30.6 Å². The van der Waals surface area contributed by atoms with Gasteiger partial charge in [-0.25, -0.2) is 0 Å². The number of aliphatic hydroxyl groups excluding tert-OH is 6. The van der Waals surface area contributed by atoms with E-state index in [0.717, 1.165) is 0 Å². The molecule has 6 nitrogen and oxygen atoms in total. The van der Waals surface area contributed by atoms with Crippen LogP contribution < -0.4 is 0 Å². The number of rotatable bonds is 3. The van der Waals surface area contributed by atoms with Gasteiger partial charge in [0, 0.05) is 0 Å². The Morgan fingerprint density at radius 2 is 0.647 bits per heavy atom. The predicted molar refractivity (Wildman–Crippen MR) is 71.7 cm³/mol. The fraction of sp³-hybridized carbons (Fsp3) is 1.00. The zero-order valence-corrected chi connectivity index (χ0v) is 13.9. The van der Waals surface area contributed by atoms with E-state index in [1.165, 1.54) is 0 Å². The van der Waals surface area contributed by atoms with Crippen molar-refractivity contribution in [2.45, 2.75) is 9.94 Å². The van der Waals surface area contributed by atoms with Crippen LogP contribution >= 0.6 is 17.9 Å². The third-order valence-corrected chi connectivity index (χ3v) is 0.300. The summed E-state index contributed by atoms with van der Waals surface area (Å²) in [4.78, 5) is 3.82. The molecule has 0 aliphatic heterocycles. The number of aliphatic hydroxyl groups is 6. The first-order chi connectivity index (χ1) is 7.74. The molecule has 0 aliphatic rings. The van der Waals surface area contributed by atoms with Crippen LogP contribution in [0.25, 0.3) is 0 Å². The summed E-state index contributed by atoms with van der Waals surface area (Å²) in [5.74, 6) is 0. The van der Waals surface area contributed by atoms with E-state index in [0.29, 0.717) is 0 Å². The molecule has 0 atom stereocenters. The molecule has 0 radical (unpaired) electrons. The fourth-order valence-electron chi connectivity index (χ4n) is 0. The van der Waals surface area contributed by atoms with Gasteiger partial charge in [0.25, 0.3) is 0 Å². The van der Waals surface area contributed by atoms with Crippen LogP contribution in [0.2, 0.25) is 9.94 Å². The second-order valence-electron chi connectivity index (χ2n) is 2.43. The molecule has 0 heterocycles. The van der Waals surface area contributed by atoms with E-state index in [9.17, 15) is 0 Å². The first-order valence-corrected chi connectivity index (χ1v) is 15.1. The van der Waals surface area contributed by atoms with Gasteiger partial charge in [0.2, 0.25) is 0 Å². The van der Waals surface area contributed by atoms with Crippen molar-refractivity contribution >= 4 is 33.9 Å². The average molecular weight is 415 g/mol. The molecule has 112 valence electrons. The van der Waals surface area contributed by atoms with Crippen molar-refractivity contribution in [2.24, 2.45) is 0 Å². The largest absolute Gasteiger partial charge is 0.394 e. The van der Waals surface area contributed by atoms with Crippen LogP contribution in [-0.2, 0) is 0 Å². The SMILES string of the molecule is C[Te](C)(Cl)Cl.OCCO.OCCO.OCCO. The van der Waals surface area contributed by atoms with Crippen molar-refractivity contribution in [1.29, 1.82) is 0 Å². The van der Waals surface area contributed by atoms with E-state index in [-0.39, 0.29) is 39.6 Å². The van der Waals surface area contributed by atoms with Crippen molar-refractivity contribution in [3.05, 3.63) is 0 Å². The van der Waals surface area contributed by atoms with E-state index in [4.69, 9.17) is 48.6 Å². The summed E-state index contributed by atoms with van der Waals surface area (Å²) in [7, 11) is 11.0. The molecule has 0 bridgehead atoms. The molecular weight excluding hydrogens is 391 g/mol. The van der Waals surface area contributed by atoms with Gasteiger partial charge in [-0.3, -0.25) is 0 Å². The molecule has 0 aliphatic carbocycles. The van der Waals surface area contributed by atoms with Gasteiger partial charge in [0.05, 0.1) is 39.6 Å². The minimum absolute atomic E-state index is 0.125. The maximum absolute atomic E-state index is 7.62. The van der Waals surface area contributed by atoms with E-state index in [1.807, 2.05) is 9.94 Å². The monoisotopic (exact) mass is 416 g/mol. The van der Waals surface area contributed by atoms with Crippen molar-refractivity contribution < 1.29 is 30.6 Å². The quantitative estimate of drug-likeness (QED) is 0.332. The number of hydrogen-bond acceptors (Lipinski definition) is 6. The summed E-state index contributed by atoms with van der Waals surface area (Å²) >= 11 is -2.08. The van der Waals surface area contributed by atoms with Gasteiger partial charge in [0.1, 0.15) is 0 Å². The topological polar surface area (TPSA) is 121 Å². The molecule has 17 heavy (non-hydrogen) atoms. The second kappa shape index (κ2) is 25.9. The molecule has 9 heteroatoms. The van der Waals surface area contributed by atoms with E-state index < -0.39 is 15.9 Å². The van der Waals surface area contributed by atoms with E-state index in [1.54, 1.807) is 0 Å². The molecule has 0 aromatic heterocycles. The Hall–Kier alpha value is 1.13. The zero-order valence-electron chi connectivity index (χ0n) is 10.1. The van der Waals surface area contributed by atoms with Crippen LogP contribution in [0, 0.1) is 0 Å². The smallest absolute Gasteiger partial charge is 0.0662 e. The second-order valence-corrected chi connectivity index (χ2v) is 20.0. The van der Waals surface area contributed by atoms with Gasteiger partial charge in [-0.1, -0.05) is 0 Å². The van der Waals surface area contributed by atoms with E-state index >= 15 is 0 Å². The third-order valence-electron chi connectivity index (χ3n) is 0.300. The molecule has 0 rings (SSSR count). The first kappa shape index (κ1) is 26.6. The summed E-state index contributed by atoms with van der Waals surface area (Å²) in [6, 6.07) is 0. The molecule has 0 amide bonds. The summed E-state index contributed by atoms with van der Waals surface area (Å²) in [6.45, 7) is -0.750. The minimum Gasteiger partial charge on any atom is -0.394 e. The summed E-state index contributed by atoms with van der Waals surface area (Å²) in [6.07, 6.45) is 0. The zero-order chi connectivity index (χ0) is 14.7. The first-order valence-electron chi connectivity index (χ1n) is 4.52. The fourth-order valence-corrected chi connectivity index (χ4v) is 0. The number of halogens is 2. The van der Waals surface area contributed by atoms with Crippen LogP contribution in [-0.4, -0.2) is 86.2 Å². The van der Waals surface area contributed by atoms with Crippen molar-refractivity contribution in [2.75, 3.05) is 39.6 Å². The molecule has 6 N–H and O–H groups in total. The third kappa shape index (κ3) is 230. The summed E-state index contributed by atoms with van der Waals surface area (Å²) < 4.78 is 0. The Morgan fingerprint density at radius 1 is 0.588 bits per heavy atom. The molecule has 0 saturated carbocycles. The van der Waals surface area contributed by atoms with E-state index in [2.05, 4.69) is 0 Å². The predicted octanol–water partition coefficient (Wildman–Crippen LogP) is -0.921. The molecule has 0 fully saturated rings. The van der Waals surface area contributed by atoms with Crippen molar-refractivity contribution in [3.8, 4) is 0 Å². The molecule has 0 spiro atoms. The minimum atomic E-state index is -2.08. The Kier molecular flexibility index (Phi) is 40.5. The summed E-state index contributed by atoms with van der Waals surface area (Å²) in [5, 5.41) is 45.8. The van der Waals surface area contributed by atoms with Gasteiger partial charge in [-0.2, -0.15) is 0 Å². The standard InChI is InChI=1S/C2H6Cl2Te.3C2H6O2/c1-5(2,3)4;3*3-1-2-4/h1-2H3;3*3-4H,1-2H2. The van der Waals surface area contributed by atoms with Gasteiger partial charge >= 0.3 is 43.8 Å².